The van der Waals surface area contributed by atoms with Crippen LogP contribution in [0.3, 0.4) is 0 Å². The summed E-state index contributed by atoms with van der Waals surface area (Å²) in [6.07, 6.45) is -1.82. The highest BCUT2D eigenvalue weighted by Gasteiger charge is 2.17. The first-order chi connectivity index (χ1) is 8.74. The predicted molar refractivity (Wildman–Crippen MR) is 72.6 cm³/mol. The molecular formula is C10H11BrClNO5S. The van der Waals surface area contributed by atoms with Crippen molar-refractivity contribution in [1.29, 1.82) is 0 Å². The number of aliphatic carboxylic acids is 1. The summed E-state index contributed by atoms with van der Waals surface area (Å²) in [6, 6.07) is 4.08. The second-order valence-electron chi connectivity index (χ2n) is 3.62. The third-order valence-corrected chi connectivity index (χ3v) is 4.87. The first-order valence-corrected chi connectivity index (χ1v) is 7.75. The predicted octanol–water partition coefficient (Wildman–Crippen LogP) is 1.22. The van der Waals surface area contributed by atoms with Gasteiger partial charge in [-0.05, 0) is 40.5 Å². The van der Waals surface area contributed by atoms with E-state index in [0.717, 1.165) is 0 Å². The topological polar surface area (TPSA) is 104 Å². The van der Waals surface area contributed by atoms with Crippen LogP contribution in [0.25, 0.3) is 0 Å². The smallest absolute Gasteiger partial charge is 0.332 e. The number of carboxylic acids is 1. The Bertz CT molecular complexity index is 577. The molecule has 1 atom stereocenters. The number of carboxylic acid groups (broad SMARTS) is 1. The van der Waals surface area contributed by atoms with Gasteiger partial charge in [0.05, 0.1) is 9.92 Å². The summed E-state index contributed by atoms with van der Waals surface area (Å²) >= 11 is 8.86. The van der Waals surface area contributed by atoms with Crippen molar-refractivity contribution in [3.63, 3.8) is 0 Å². The number of nitrogens with one attached hydrogen (secondary N) is 1. The molecule has 0 aliphatic carbocycles. The molecular weight excluding hydrogens is 362 g/mol. The van der Waals surface area contributed by atoms with E-state index in [1.165, 1.54) is 18.2 Å². The van der Waals surface area contributed by atoms with Gasteiger partial charge in [0.25, 0.3) is 0 Å². The Balaban J connectivity index is 2.71. The monoisotopic (exact) mass is 371 g/mol. The number of rotatable bonds is 6. The summed E-state index contributed by atoms with van der Waals surface area (Å²) in [4.78, 5) is 10.4. The fourth-order valence-corrected chi connectivity index (χ4v) is 2.90. The van der Waals surface area contributed by atoms with Crippen LogP contribution in [-0.4, -0.2) is 37.2 Å². The first kappa shape index (κ1) is 16.4. The fourth-order valence-electron chi connectivity index (χ4n) is 1.18. The van der Waals surface area contributed by atoms with E-state index in [0.29, 0.717) is 9.50 Å². The number of sulfonamides is 1. The molecule has 0 fully saturated rings. The molecule has 1 aromatic carbocycles. The average molecular weight is 373 g/mol. The van der Waals surface area contributed by atoms with Crippen molar-refractivity contribution >= 4 is 43.5 Å². The molecule has 0 heterocycles. The van der Waals surface area contributed by atoms with Gasteiger partial charge >= 0.3 is 5.97 Å². The Kier molecular flexibility index (Phi) is 5.75. The second-order valence-corrected chi connectivity index (χ2v) is 6.64. The van der Waals surface area contributed by atoms with Crippen LogP contribution in [0.1, 0.15) is 6.42 Å². The first-order valence-electron chi connectivity index (χ1n) is 5.09. The Labute approximate surface area is 123 Å². The maximum atomic E-state index is 11.8. The standard InChI is InChI=1S/C10H11BrClNO5S/c11-7-5-6(1-2-8(7)12)19(17,18)13-4-3-9(14)10(15)16/h1-2,5,9,13-14H,3-4H2,(H,15,16). The molecule has 19 heavy (non-hydrogen) atoms. The Morgan fingerprint density at radius 1 is 1.47 bits per heavy atom. The van der Waals surface area contributed by atoms with Gasteiger partial charge < -0.3 is 10.2 Å². The van der Waals surface area contributed by atoms with Crippen molar-refractivity contribution in [2.75, 3.05) is 6.54 Å². The van der Waals surface area contributed by atoms with E-state index in [4.69, 9.17) is 21.8 Å². The number of halogens is 2. The van der Waals surface area contributed by atoms with Gasteiger partial charge in [0.2, 0.25) is 10.0 Å². The highest BCUT2D eigenvalue weighted by atomic mass is 79.9. The molecule has 1 rings (SSSR count). The molecule has 0 amide bonds. The summed E-state index contributed by atoms with van der Waals surface area (Å²) < 4.78 is 26.3. The second kappa shape index (κ2) is 6.67. The number of hydrogen-bond donors (Lipinski definition) is 3. The van der Waals surface area contributed by atoms with E-state index < -0.39 is 22.1 Å². The van der Waals surface area contributed by atoms with E-state index in [1.54, 1.807) is 0 Å². The molecule has 9 heteroatoms. The molecule has 106 valence electrons. The van der Waals surface area contributed by atoms with Crippen molar-refractivity contribution in [2.45, 2.75) is 17.4 Å². The van der Waals surface area contributed by atoms with Crippen LogP contribution in [0.4, 0.5) is 0 Å². The van der Waals surface area contributed by atoms with Gasteiger partial charge in [-0.2, -0.15) is 0 Å². The van der Waals surface area contributed by atoms with E-state index in [-0.39, 0.29) is 17.9 Å². The number of carbonyl (C=O) groups is 1. The molecule has 1 aromatic rings. The number of hydrogen-bond acceptors (Lipinski definition) is 4. The summed E-state index contributed by atoms with van der Waals surface area (Å²) in [7, 11) is -3.76. The van der Waals surface area contributed by atoms with Crippen LogP contribution < -0.4 is 4.72 Å². The van der Waals surface area contributed by atoms with E-state index in [1.807, 2.05) is 0 Å². The van der Waals surface area contributed by atoms with Crippen LogP contribution in [-0.2, 0) is 14.8 Å². The highest BCUT2D eigenvalue weighted by Crippen LogP contribution is 2.25. The van der Waals surface area contributed by atoms with E-state index in [2.05, 4.69) is 20.7 Å². The minimum absolute atomic E-state index is 0.00594. The maximum absolute atomic E-state index is 11.8. The van der Waals surface area contributed by atoms with Gasteiger partial charge in [0.15, 0.2) is 6.10 Å². The summed E-state index contributed by atoms with van der Waals surface area (Å²) in [6.45, 7) is -0.184. The lowest BCUT2D eigenvalue weighted by molar-refractivity contribution is -0.146. The fraction of sp³-hybridized carbons (Fsp3) is 0.300. The lowest BCUT2D eigenvalue weighted by Crippen LogP contribution is -2.30. The number of benzene rings is 1. The molecule has 6 nitrogen and oxygen atoms in total. The van der Waals surface area contributed by atoms with Gasteiger partial charge in [0, 0.05) is 11.0 Å². The molecule has 0 saturated heterocycles. The van der Waals surface area contributed by atoms with Crippen LogP contribution in [0, 0.1) is 0 Å². The molecule has 0 aliphatic heterocycles. The zero-order valence-electron chi connectivity index (χ0n) is 9.51. The van der Waals surface area contributed by atoms with Crippen LogP contribution in [0.5, 0.6) is 0 Å². The highest BCUT2D eigenvalue weighted by molar-refractivity contribution is 9.10. The molecule has 3 N–H and O–H groups in total. The van der Waals surface area contributed by atoms with Gasteiger partial charge in [-0.3, -0.25) is 0 Å². The molecule has 1 unspecified atom stereocenters. The quantitative estimate of drug-likeness (QED) is 0.696. The Hall–Kier alpha value is -0.670. The molecule has 0 aliphatic rings. The van der Waals surface area contributed by atoms with Crippen molar-refractivity contribution in [3.05, 3.63) is 27.7 Å². The normalized spacial score (nSPS) is 13.2. The lowest BCUT2D eigenvalue weighted by atomic mass is 10.3. The summed E-state index contributed by atoms with van der Waals surface area (Å²) in [5, 5.41) is 17.8. The van der Waals surface area contributed by atoms with Crippen molar-refractivity contribution in [1.82, 2.24) is 4.72 Å². The largest absolute Gasteiger partial charge is 0.479 e. The van der Waals surface area contributed by atoms with Gasteiger partial charge in [-0.1, -0.05) is 11.6 Å². The van der Waals surface area contributed by atoms with Crippen LogP contribution in [0.15, 0.2) is 27.6 Å². The van der Waals surface area contributed by atoms with Crippen LogP contribution >= 0.6 is 27.5 Å². The van der Waals surface area contributed by atoms with Crippen molar-refractivity contribution in [3.8, 4) is 0 Å². The average Bonchev–Trinajstić information content (AvgIpc) is 2.32. The molecule has 0 saturated carbocycles. The van der Waals surface area contributed by atoms with E-state index >= 15 is 0 Å². The SMILES string of the molecule is O=C(O)C(O)CCNS(=O)(=O)c1ccc(Cl)c(Br)c1. The minimum Gasteiger partial charge on any atom is -0.479 e. The van der Waals surface area contributed by atoms with Crippen LogP contribution in [0.2, 0.25) is 5.02 Å². The third-order valence-electron chi connectivity index (χ3n) is 2.20. The Morgan fingerprint density at radius 3 is 2.63 bits per heavy atom. The lowest BCUT2D eigenvalue weighted by Gasteiger charge is -2.09. The summed E-state index contributed by atoms with van der Waals surface area (Å²) in [5.74, 6) is -1.39. The molecule has 0 aromatic heterocycles. The number of aliphatic hydroxyl groups is 1. The van der Waals surface area contributed by atoms with E-state index in [9.17, 15) is 13.2 Å². The zero-order chi connectivity index (χ0) is 14.6. The van der Waals surface area contributed by atoms with Gasteiger partial charge in [-0.25, -0.2) is 17.9 Å². The third kappa shape index (κ3) is 4.73. The zero-order valence-corrected chi connectivity index (χ0v) is 12.7. The van der Waals surface area contributed by atoms with Gasteiger partial charge in [0.1, 0.15) is 0 Å². The summed E-state index contributed by atoms with van der Waals surface area (Å²) in [5.41, 5.74) is 0. The van der Waals surface area contributed by atoms with Crippen molar-refractivity contribution < 1.29 is 23.4 Å². The Morgan fingerprint density at radius 2 is 2.11 bits per heavy atom. The molecule has 0 bridgehead atoms. The maximum Gasteiger partial charge on any atom is 0.332 e. The minimum atomic E-state index is -3.76. The molecule has 0 spiro atoms. The molecule has 0 radical (unpaired) electrons. The number of aliphatic hydroxyl groups excluding tert-OH is 1. The van der Waals surface area contributed by atoms with Crippen molar-refractivity contribution in [2.24, 2.45) is 0 Å². The van der Waals surface area contributed by atoms with Gasteiger partial charge in [-0.15, -0.1) is 0 Å².